The van der Waals surface area contributed by atoms with Crippen LogP contribution in [0.15, 0.2) is 36.5 Å². The summed E-state index contributed by atoms with van der Waals surface area (Å²) in [6, 6.07) is 12.0. The van der Waals surface area contributed by atoms with Crippen molar-refractivity contribution in [2.45, 2.75) is 70.9 Å². The van der Waals surface area contributed by atoms with Crippen molar-refractivity contribution in [2.24, 2.45) is 0 Å². The van der Waals surface area contributed by atoms with Crippen molar-refractivity contribution in [3.05, 3.63) is 47.8 Å². The molecule has 4 nitrogen and oxygen atoms in total. The van der Waals surface area contributed by atoms with Gasteiger partial charge in [0.15, 0.2) is 5.75 Å². The van der Waals surface area contributed by atoms with Crippen molar-refractivity contribution < 1.29 is 4.74 Å². The van der Waals surface area contributed by atoms with Crippen LogP contribution in [0, 0.1) is 6.92 Å². The van der Waals surface area contributed by atoms with E-state index in [0.717, 1.165) is 30.0 Å². The number of nitrogens with zero attached hydrogens (tertiary/aromatic N) is 1. The topological polar surface area (TPSA) is 46.2 Å². The van der Waals surface area contributed by atoms with Gasteiger partial charge in [-0.1, -0.05) is 32.9 Å². The maximum absolute atomic E-state index is 5.51. The first-order valence-corrected chi connectivity index (χ1v) is 10.00. The van der Waals surface area contributed by atoms with Gasteiger partial charge in [0.05, 0.1) is 18.5 Å². The Labute approximate surface area is 163 Å². The molecule has 1 aromatic heterocycles. The first-order chi connectivity index (χ1) is 12.9. The summed E-state index contributed by atoms with van der Waals surface area (Å²) in [6.45, 7) is 8.74. The number of aromatic nitrogens is 1. The van der Waals surface area contributed by atoms with Crippen LogP contribution in [0.3, 0.4) is 0 Å². The third-order valence-corrected chi connectivity index (χ3v) is 5.50. The number of benzene rings is 1. The number of pyridine rings is 1. The summed E-state index contributed by atoms with van der Waals surface area (Å²) in [7, 11) is 1.71. The number of ether oxygens (including phenoxy) is 1. The smallest absolute Gasteiger partial charge is 0.163 e. The highest BCUT2D eigenvalue weighted by molar-refractivity contribution is 5.58. The first-order valence-electron chi connectivity index (χ1n) is 10.00. The number of rotatable bonds is 5. The number of hydrogen-bond acceptors (Lipinski definition) is 4. The van der Waals surface area contributed by atoms with Crippen molar-refractivity contribution in [2.75, 3.05) is 17.7 Å². The van der Waals surface area contributed by atoms with Crippen LogP contribution in [-0.2, 0) is 5.41 Å². The fraction of sp³-hybridized carbons (Fsp3) is 0.522. The van der Waals surface area contributed by atoms with Gasteiger partial charge in [0.1, 0.15) is 0 Å². The number of anilines is 2. The van der Waals surface area contributed by atoms with Gasteiger partial charge in [0.2, 0.25) is 0 Å². The van der Waals surface area contributed by atoms with Crippen molar-refractivity contribution in [3.63, 3.8) is 0 Å². The molecular weight excluding hydrogens is 334 g/mol. The monoisotopic (exact) mass is 367 g/mol. The highest BCUT2D eigenvalue weighted by Gasteiger charge is 2.22. The van der Waals surface area contributed by atoms with E-state index in [9.17, 15) is 0 Å². The van der Waals surface area contributed by atoms with E-state index in [0.29, 0.717) is 12.1 Å². The van der Waals surface area contributed by atoms with Gasteiger partial charge in [-0.05, 0) is 61.8 Å². The summed E-state index contributed by atoms with van der Waals surface area (Å²) in [5.41, 5.74) is 4.79. The van der Waals surface area contributed by atoms with Gasteiger partial charge in [0, 0.05) is 24.0 Å². The summed E-state index contributed by atoms with van der Waals surface area (Å²) in [5, 5.41) is 7.37. The Morgan fingerprint density at radius 2 is 1.52 bits per heavy atom. The van der Waals surface area contributed by atoms with Crippen molar-refractivity contribution >= 4 is 11.4 Å². The van der Waals surface area contributed by atoms with Crippen molar-refractivity contribution in [1.82, 2.24) is 4.98 Å². The van der Waals surface area contributed by atoms with Gasteiger partial charge in [-0.3, -0.25) is 4.98 Å². The highest BCUT2D eigenvalue weighted by atomic mass is 16.5. The van der Waals surface area contributed by atoms with Gasteiger partial charge in [-0.15, -0.1) is 0 Å². The lowest BCUT2D eigenvalue weighted by Gasteiger charge is -2.31. The van der Waals surface area contributed by atoms with Gasteiger partial charge < -0.3 is 15.4 Å². The molecule has 0 aliphatic heterocycles. The minimum Gasteiger partial charge on any atom is -0.493 e. The highest BCUT2D eigenvalue weighted by Crippen LogP contribution is 2.31. The van der Waals surface area contributed by atoms with E-state index >= 15 is 0 Å². The third kappa shape index (κ3) is 4.94. The zero-order valence-electron chi connectivity index (χ0n) is 17.3. The quantitative estimate of drug-likeness (QED) is 0.729. The molecule has 4 heteroatoms. The van der Waals surface area contributed by atoms with Gasteiger partial charge in [-0.2, -0.15) is 0 Å². The zero-order valence-corrected chi connectivity index (χ0v) is 17.3. The third-order valence-electron chi connectivity index (χ3n) is 5.50. The molecule has 2 aromatic rings. The predicted molar refractivity (Wildman–Crippen MR) is 114 cm³/mol. The van der Waals surface area contributed by atoms with Crippen LogP contribution in [0.1, 0.15) is 57.7 Å². The standard InChI is InChI=1S/C23H33N3O/c1-16-22(27-5)21(14-15-24-16)26-20-12-10-19(11-13-20)25-18-8-6-17(7-9-18)23(2,3)4/h6-9,14-15,19-20,25H,10-13H2,1-5H3,(H,24,26). The molecule has 0 unspecified atom stereocenters. The van der Waals surface area contributed by atoms with Gasteiger partial charge >= 0.3 is 0 Å². The molecule has 1 saturated carbocycles. The largest absolute Gasteiger partial charge is 0.493 e. The molecule has 1 fully saturated rings. The van der Waals surface area contributed by atoms with E-state index in [1.807, 2.05) is 19.2 Å². The van der Waals surface area contributed by atoms with Crippen LogP contribution in [-0.4, -0.2) is 24.2 Å². The van der Waals surface area contributed by atoms with E-state index in [2.05, 4.69) is 60.7 Å². The minimum atomic E-state index is 0.203. The van der Waals surface area contributed by atoms with E-state index in [1.165, 1.54) is 24.1 Å². The molecule has 1 heterocycles. The SMILES string of the molecule is COc1c(NC2CCC(Nc3ccc(C(C)(C)C)cc3)CC2)ccnc1C. The number of aryl methyl sites for hydroxylation is 1. The molecular formula is C23H33N3O. The van der Waals surface area contributed by atoms with Crippen molar-refractivity contribution in [3.8, 4) is 5.75 Å². The summed E-state index contributed by atoms with van der Waals surface area (Å²) >= 11 is 0. The number of hydrogen-bond donors (Lipinski definition) is 2. The molecule has 3 rings (SSSR count). The molecule has 2 N–H and O–H groups in total. The molecule has 146 valence electrons. The second-order valence-electron chi connectivity index (χ2n) is 8.64. The van der Waals surface area contributed by atoms with Crippen LogP contribution in [0.5, 0.6) is 5.75 Å². The maximum Gasteiger partial charge on any atom is 0.163 e. The zero-order chi connectivity index (χ0) is 19.4. The molecule has 1 aliphatic carbocycles. The van der Waals surface area contributed by atoms with Gasteiger partial charge in [0.25, 0.3) is 0 Å². The van der Waals surface area contributed by atoms with Gasteiger partial charge in [-0.25, -0.2) is 0 Å². The predicted octanol–water partition coefficient (Wildman–Crippen LogP) is 5.53. The summed E-state index contributed by atoms with van der Waals surface area (Å²) in [4.78, 5) is 4.31. The molecule has 0 amide bonds. The molecule has 0 radical (unpaired) electrons. The fourth-order valence-electron chi connectivity index (χ4n) is 3.83. The van der Waals surface area contributed by atoms with Crippen LogP contribution in [0.25, 0.3) is 0 Å². The molecule has 0 saturated heterocycles. The van der Waals surface area contributed by atoms with E-state index in [1.54, 1.807) is 7.11 Å². The van der Waals surface area contributed by atoms with E-state index in [-0.39, 0.29) is 5.41 Å². The Morgan fingerprint density at radius 3 is 2.07 bits per heavy atom. The average Bonchev–Trinajstić information content (AvgIpc) is 2.63. The Hall–Kier alpha value is -2.23. The molecule has 27 heavy (non-hydrogen) atoms. The van der Waals surface area contributed by atoms with E-state index < -0.39 is 0 Å². The Morgan fingerprint density at radius 1 is 0.926 bits per heavy atom. The molecule has 0 bridgehead atoms. The lowest BCUT2D eigenvalue weighted by molar-refractivity contribution is 0.404. The lowest BCUT2D eigenvalue weighted by atomic mass is 9.87. The maximum atomic E-state index is 5.51. The summed E-state index contributed by atoms with van der Waals surface area (Å²) < 4.78 is 5.51. The normalized spacial score (nSPS) is 20.2. The lowest BCUT2D eigenvalue weighted by Crippen LogP contribution is -2.32. The Balaban J connectivity index is 1.53. The fourth-order valence-corrected chi connectivity index (χ4v) is 3.83. The second kappa shape index (κ2) is 8.20. The van der Waals surface area contributed by atoms with Crippen LogP contribution in [0.4, 0.5) is 11.4 Å². The van der Waals surface area contributed by atoms with Crippen LogP contribution < -0.4 is 15.4 Å². The Kier molecular flexibility index (Phi) is 5.93. The van der Waals surface area contributed by atoms with Crippen LogP contribution >= 0.6 is 0 Å². The molecule has 1 aromatic carbocycles. The second-order valence-corrected chi connectivity index (χ2v) is 8.64. The summed E-state index contributed by atoms with van der Waals surface area (Å²) in [5.74, 6) is 0.858. The van der Waals surface area contributed by atoms with Crippen LogP contribution in [0.2, 0.25) is 0 Å². The molecule has 0 spiro atoms. The Bertz CT molecular complexity index is 741. The number of methoxy groups -OCH3 is 1. The number of nitrogens with one attached hydrogen (secondary N) is 2. The van der Waals surface area contributed by atoms with E-state index in [4.69, 9.17) is 4.74 Å². The average molecular weight is 368 g/mol. The molecule has 0 atom stereocenters. The molecule has 1 aliphatic rings. The summed E-state index contributed by atoms with van der Waals surface area (Å²) in [6.07, 6.45) is 6.50. The minimum absolute atomic E-state index is 0.203. The first kappa shape index (κ1) is 19.5. The van der Waals surface area contributed by atoms with Crippen molar-refractivity contribution in [1.29, 1.82) is 0 Å².